The van der Waals surface area contributed by atoms with E-state index in [0.717, 1.165) is 5.56 Å². The number of nitrogens with one attached hydrogen (secondary N) is 1. The summed E-state index contributed by atoms with van der Waals surface area (Å²) in [5.41, 5.74) is 2.20. The summed E-state index contributed by atoms with van der Waals surface area (Å²) in [6.07, 6.45) is 1.09. The highest BCUT2D eigenvalue weighted by Gasteiger charge is 2.32. The monoisotopic (exact) mass is 358 g/mol. The Balaban J connectivity index is 1.86. The number of nitrogens with zero attached hydrogens (tertiary/aromatic N) is 1. The van der Waals surface area contributed by atoms with E-state index in [0.29, 0.717) is 36.6 Å². The van der Waals surface area contributed by atoms with Crippen molar-refractivity contribution in [3.05, 3.63) is 35.1 Å². The number of aliphatic hydroxyl groups is 1. The average molecular weight is 358 g/mol. The fraction of sp³-hybridized carbons (Fsp3) is 0.421. The summed E-state index contributed by atoms with van der Waals surface area (Å²) in [5, 5.41) is 17.2. The second kappa shape index (κ2) is 7.59. The molecule has 1 atom stereocenters. The van der Waals surface area contributed by atoms with Crippen molar-refractivity contribution in [2.24, 2.45) is 5.16 Å². The van der Waals surface area contributed by atoms with E-state index in [2.05, 4.69) is 10.5 Å². The number of oxime groups is 1. The Morgan fingerprint density at radius 3 is 2.85 bits per heavy atom. The number of rotatable bonds is 5. The lowest BCUT2D eigenvalue weighted by Crippen LogP contribution is -2.26. The predicted molar refractivity (Wildman–Crippen MR) is 96.6 cm³/mol. The Morgan fingerprint density at radius 2 is 2.15 bits per heavy atom. The minimum atomic E-state index is -0.209. The van der Waals surface area contributed by atoms with Crippen LogP contribution in [0, 0.1) is 0 Å². The second-order valence-corrected chi connectivity index (χ2v) is 6.25. The molecular formula is C19H22N2O5. The number of carbonyl (C=O) groups is 2. The first-order valence-electron chi connectivity index (χ1n) is 8.74. The molecule has 1 aliphatic carbocycles. The lowest BCUT2D eigenvalue weighted by atomic mass is 9.81. The number of anilines is 1. The molecule has 7 nitrogen and oxygen atoms in total. The molecule has 1 heterocycles. The summed E-state index contributed by atoms with van der Waals surface area (Å²) in [7, 11) is 0. The van der Waals surface area contributed by atoms with Gasteiger partial charge in [0.25, 0.3) is 5.91 Å². The molecule has 1 amide bonds. The maximum atomic E-state index is 12.6. The highest BCUT2D eigenvalue weighted by molar-refractivity contribution is 6.23. The van der Waals surface area contributed by atoms with E-state index < -0.39 is 0 Å². The fourth-order valence-electron chi connectivity index (χ4n) is 3.24. The van der Waals surface area contributed by atoms with Crippen molar-refractivity contribution in [3.8, 4) is 5.75 Å². The van der Waals surface area contributed by atoms with Gasteiger partial charge in [0.2, 0.25) is 0 Å². The summed E-state index contributed by atoms with van der Waals surface area (Å²) in [4.78, 5) is 29.2. The van der Waals surface area contributed by atoms with E-state index >= 15 is 0 Å². The molecule has 138 valence electrons. The zero-order valence-electron chi connectivity index (χ0n) is 14.9. The Labute approximate surface area is 151 Å². The predicted octanol–water partition coefficient (Wildman–Crippen LogP) is 3.08. The third-order valence-corrected chi connectivity index (χ3v) is 4.47. The van der Waals surface area contributed by atoms with Crippen molar-refractivity contribution in [2.45, 2.75) is 39.0 Å². The van der Waals surface area contributed by atoms with E-state index in [1.807, 2.05) is 19.9 Å². The molecule has 0 bridgehead atoms. The van der Waals surface area contributed by atoms with Crippen LogP contribution in [-0.4, -0.2) is 35.7 Å². The number of aliphatic hydroxyl groups excluding tert-OH is 1. The van der Waals surface area contributed by atoms with Gasteiger partial charge in [-0.15, -0.1) is 0 Å². The number of hydrogen-bond acceptors (Lipinski definition) is 6. The number of hydrogen-bond donors (Lipinski definition) is 2. The Morgan fingerprint density at radius 1 is 1.35 bits per heavy atom. The number of ketones is 1. The standard InChI is InChI=1S/C19H22N2O5/c1-3-13(21-26-4-2)19-15(22)8-12(9-16(19)23)11-5-6-17-14(7-11)20-18(24)10-25-17/h5-7,12,22H,3-4,8-10H2,1-2H3,(H,20,24)/b21-13+. The molecule has 0 saturated heterocycles. The zero-order valence-corrected chi connectivity index (χ0v) is 14.9. The molecule has 3 rings (SSSR count). The Kier molecular flexibility index (Phi) is 5.25. The van der Waals surface area contributed by atoms with Crippen molar-refractivity contribution < 1.29 is 24.3 Å². The quantitative estimate of drug-likeness (QED) is 0.623. The van der Waals surface area contributed by atoms with Crippen molar-refractivity contribution >= 4 is 23.1 Å². The third kappa shape index (κ3) is 3.56. The van der Waals surface area contributed by atoms with Crippen LogP contribution >= 0.6 is 0 Å². The van der Waals surface area contributed by atoms with Crippen LogP contribution in [0.5, 0.6) is 5.75 Å². The van der Waals surface area contributed by atoms with Crippen LogP contribution < -0.4 is 10.1 Å². The van der Waals surface area contributed by atoms with Crippen LogP contribution in [0.25, 0.3) is 0 Å². The number of ether oxygens (including phenoxy) is 1. The second-order valence-electron chi connectivity index (χ2n) is 6.25. The van der Waals surface area contributed by atoms with Gasteiger partial charge in [0, 0.05) is 12.8 Å². The average Bonchev–Trinajstić information content (AvgIpc) is 2.63. The molecule has 1 aromatic rings. The van der Waals surface area contributed by atoms with Crippen LogP contribution in [0.1, 0.15) is 44.6 Å². The van der Waals surface area contributed by atoms with E-state index in [4.69, 9.17) is 9.57 Å². The van der Waals surface area contributed by atoms with Gasteiger partial charge in [-0.2, -0.15) is 0 Å². The third-order valence-electron chi connectivity index (χ3n) is 4.47. The van der Waals surface area contributed by atoms with Crippen molar-refractivity contribution in [3.63, 3.8) is 0 Å². The number of Topliss-reactive ketones (excluding diaryl/α,β-unsaturated/α-hetero) is 1. The van der Waals surface area contributed by atoms with Crippen LogP contribution in [-0.2, 0) is 14.4 Å². The van der Waals surface area contributed by atoms with Gasteiger partial charge in [-0.05, 0) is 37.0 Å². The van der Waals surface area contributed by atoms with E-state index in [1.54, 1.807) is 12.1 Å². The van der Waals surface area contributed by atoms with Gasteiger partial charge in [0.15, 0.2) is 12.4 Å². The fourth-order valence-corrected chi connectivity index (χ4v) is 3.24. The number of amides is 1. The lowest BCUT2D eigenvalue weighted by Gasteiger charge is -2.25. The van der Waals surface area contributed by atoms with Gasteiger partial charge in [-0.1, -0.05) is 18.1 Å². The molecule has 2 aliphatic rings. The lowest BCUT2D eigenvalue weighted by molar-refractivity contribution is -0.118. The number of allylic oxidation sites excluding steroid dienone is 2. The summed E-state index contributed by atoms with van der Waals surface area (Å²) in [6.45, 7) is 4.07. The van der Waals surface area contributed by atoms with Crippen LogP contribution in [0.15, 0.2) is 34.7 Å². The number of fused-ring (bicyclic) bond motifs is 1. The molecule has 1 unspecified atom stereocenters. The maximum Gasteiger partial charge on any atom is 0.262 e. The minimum Gasteiger partial charge on any atom is -0.511 e. The van der Waals surface area contributed by atoms with Crippen molar-refractivity contribution in [2.75, 3.05) is 18.5 Å². The van der Waals surface area contributed by atoms with E-state index in [1.165, 1.54) is 0 Å². The van der Waals surface area contributed by atoms with Gasteiger partial charge in [0.1, 0.15) is 18.1 Å². The Hall–Kier alpha value is -2.83. The molecule has 7 heteroatoms. The topological polar surface area (TPSA) is 97.2 Å². The first kappa shape index (κ1) is 18.0. The van der Waals surface area contributed by atoms with Gasteiger partial charge in [-0.25, -0.2) is 0 Å². The molecule has 0 fully saturated rings. The molecule has 1 aromatic carbocycles. The SMILES string of the molecule is CCO/N=C(\CC)C1=C(O)CC(c2ccc3c(c2)NC(=O)CO3)CC1=O. The normalized spacial score (nSPS) is 20.4. The van der Waals surface area contributed by atoms with Gasteiger partial charge in [0.05, 0.1) is 17.0 Å². The molecule has 1 aliphatic heterocycles. The first-order chi connectivity index (χ1) is 12.5. The summed E-state index contributed by atoms with van der Waals surface area (Å²) in [5.74, 6) is 0.106. The molecule has 0 aromatic heterocycles. The molecule has 26 heavy (non-hydrogen) atoms. The van der Waals surface area contributed by atoms with Crippen LogP contribution in [0.2, 0.25) is 0 Å². The Bertz CT molecular complexity index is 797. The molecule has 0 radical (unpaired) electrons. The summed E-state index contributed by atoms with van der Waals surface area (Å²) < 4.78 is 5.35. The molecule has 0 saturated carbocycles. The van der Waals surface area contributed by atoms with Crippen molar-refractivity contribution in [1.29, 1.82) is 0 Å². The molecule has 0 spiro atoms. The highest BCUT2D eigenvalue weighted by atomic mass is 16.6. The van der Waals surface area contributed by atoms with Crippen molar-refractivity contribution in [1.82, 2.24) is 0 Å². The largest absolute Gasteiger partial charge is 0.511 e. The summed E-state index contributed by atoms with van der Waals surface area (Å²) in [6, 6.07) is 5.44. The van der Waals surface area contributed by atoms with Crippen LogP contribution in [0.4, 0.5) is 5.69 Å². The van der Waals surface area contributed by atoms with Crippen LogP contribution in [0.3, 0.4) is 0 Å². The first-order valence-corrected chi connectivity index (χ1v) is 8.74. The number of benzene rings is 1. The maximum absolute atomic E-state index is 12.6. The van der Waals surface area contributed by atoms with Gasteiger partial charge >= 0.3 is 0 Å². The van der Waals surface area contributed by atoms with E-state index in [9.17, 15) is 14.7 Å². The van der Waals surface area contributed by atoms with Gasteiger partial charge in [-0.3, -0.25) is 9.59 Å². The summed E-state index contributed by atoms with van der Waals surface area (Å²) >= 11 is 0. The highest BCUT2D eigenvalue weighted by Crippen LogP contribution is 2.38. The molecular weight excluding hydrogens is 336 g/mol. The van der Waals surface area contributed by atoms with E-state index in [-0.39, 0.29) is 42.0 Å². The zero-order chi connectivity index (χ0) is 18.7. The molecule has 2 N–H and O–H groups in total. The number of carbonyl (C=O) groups excluding carboxylic acids is 2. The van der Waals surface area contributed by atoms with Gasteiger partial charge < -0.3 is 20.0 Å². The smallest absolute Gasteiger partial charge is 0.262 e. The minimum absolute atomic E-state index is 0.000107.